The minimum atomic E-state index is -0.0207. The molecule has 15 heavy (non-hydrogen) atoms. The van der Waals surface area contributed by atoms with E-state index in [4.69, 9.17) is 0 Å². The number of nitrogens with one attached hydrogen (secondary N) is 1. The molecule has 0 atom stereocenters. The number of hydrogen-bond acceptors (Lipinski definition) is 1. The molecule has 0 saturated heterocycles. The van der Waals surface area contributed by atoms with Crippen LogP contribution in [0.2, 0.25) is 0 Å². The van der Waals surface area contributed by atoms with Gasteiger partial charge in [0.1, 0.15) is 5.82 Å². The fraction of sp³-hybridized carbons (Fsp3) is 0.538. The number of benzene rings is 1. The van der Waals surface area contributed by atoms with Crippen LogP contribution in [-0.2, 0) is 6.54 Å². The van der Waals surface area contributed by atoms with Gasteiger partial charge in [-0.05, 0) is 48.8 Å². The molecule has 0 heterocycles. The molecule has 2 heteroatoms. The zero-order chi connectivity index (χ0) is 10.3. The van der Waals surface area contributed by atoms with Crippen molar-refractivity contribution in [2.45, 2.75) is 44.2 Å². The van der Waals surface area contributed by atoms with Crippen molar-refractivity contribution in [3.63, 3.8) is 0 Å². The zero-order valence-corrected chi connectivity index (χ0v) is 8.80. The van der Waals surface area contributed by atoms with E-state index in [1.165, 1.54) is 18.4 Å². The minimum Gasteiger partial charge on any atom is -0.310 e. The van der Waals surface area contributed by atoms with Crippen molar-refractivity contribution in [3.8, 4) is 0 Å². The van der Waals surface area contributed by atoms with Crippen molar-refractivity contribution in [1.29, 1.82) is 0 Å². The average molecular weight is 205 g/mol. The predicted octanol–water partition coefficient (Wildman–Crippen LogP) is 2.96. The van der Waals surface area contributed by atoms with Gasteiger partial charge in [-0.15, -0.1) is 0 Å². The Morgan fingerprint density at radius 1 is 1.20 bits per heavy atom. The van der Waals surface area contributed by atoms with Crippen LogP contribution in [0.1, 0.15) is 42.7 Å². The van der Waals surface area contributed by atoms with Gasteiger partial charge in [0.05, 0.1) is 0 Å². The van der Waals surface area contributed by atoms with Crippen molar-refractivity contribution in [2.75, 3.05) is 0 Å². The lowest BCUT2D eigenvalue weighted by atomic mass is 10.1. The van der Waals surface area contributed by atoms with E-state index in [0.29, 0.717) is 5.92 Å². The normalized spacial score (nSPS) is 20.6. The summed E-state index contributed by atoms with van der Waals surface area (Å²) in [6, 6.07) is 6.29. The van der Waals surface area contributed by atoms with Crippen LogP contribution in [-0.4, -0.2) is 6.04 Å². The van der Waals surface area contributed by atoms with Crippen molar-refractivity contribution in [3.05, 3.63) is 35.1 Å². The molecule has 3 rings (SSSR count). The van der Waals surface area contributed by atoms with Crippen LogP contribution >= 0.6 is 0 Å². The summed E-state index contributed by atoms with van der Waals surface area (Å²) >= 11 is 0. The van der Waals surface area contributed by atoms with Gasteiger partial charge in [0.15, 0.2) is 0 Å². The molecule has 0 aliphatic heterocycles. The molecule has 1 aromatic carbocycles. The van der Waals surface area contributed by atoms with E-state index in [0.717, 1.165) is 31.0 Å². The Labute approximate surface area is 89.7 Å². The van der Waals surface area contributed by atoms with Crippen molar-refractivity contribution >= 4 is 0 Å². The Bertz CT molecular complexity index is 367. The van der Waals surface area contributed by atoms with Crippen LogP contribution in [0.3, 0.4) is 0 Å². The molecule has 0 amide bonds. The van der Waals surface area contributed by atoms with E-state index in [2.05, 4.69) is 5.32 Å². The lowest BCUT2D eigenvalue weighted by molar-refractivity contribution is 0.607. The van der Waals surface area contributed by atoms with E-state index in [-0.39, 0.29) is 5.82 Å². The molecule has 0 aromatic heterocycles. The highest BCUT2D eigenvalue weighted by Gasteiger charge is 2.26. The van der Waals surface area contributed by atoms with Gasteiger partial charge in [0, 0.05) is 12.6 Å². The fourth-order valence-electron chi connectivity index (χ4n) is 1.96. The maximum Gasteiger partial charge on any atom is 0.126 e. The second-order valence-corrected chi connectivity index (χ2v) is 4.79. The Balaban J connectivity index is 1.72. The summed E-state index contributed by atoms with van der Waals surface area (Å²) in [6.07, 6.45) is 4.93. The first kappa shape index (κ1) is 9.34. The predicted molar refractivity (Wildman–Crippen MR) is 58.2 cm³/mol. The summed E-state index contributed by atoms with van der Waals surface area (Å²) in [5, 5.41) is 3.46. The molecule has 1 nitrogen and oxygen atoms in total. The van der Waals surface area contributed by atoms with Gasteiger partial charge in [0.2, 0.25) is 0 Å². The van der Waals surface area contributed by atoms with Gasteiger partial charge < -0.3 is 5.32 Å². The Morgan fingerprint density at radius 2 is 2.00 bits per heavy atom. The van der Waals surface area contributed by atoms with E-state index in [1.807, 2.05) is 12.1 Å². The standard InChI is InChI=1S/C13H16FN/c14-13-6-1-9(8-15-11-4-5-11)7-12(13)10-2-3-10/h1,6-7,10-11,15H,2-5,8H2. The quantitative estimate of drug-likeness (QED) is 0.796. The molecular weight excluding hydrogens is 189 g/mol. The molecule has 2 fully saturated rings. The van der Waals surface area contributed by atoms with Gasteiger partial charge in [-0.25, -0.2) is 4.39 Å². The summed E-state index contributed by atoms with van der Waals surface area (Å²) in [5.41, 5.74) is 2.16. The third-order valence-corrected chi connectivity index (χ3v) is 3.25. The minimum absolute atomic E-state index is 0.0207. The maximum absolute atomic E-state index is 13.5. The smallest absolute Gasteiger partial charge is 0.126 e. The molecule has 2 saturated carbocycles. The molecule has 1 aromatic rings. The third kappa shape index (κ3) is 2.20. The van der Waals surface area contributed by atoms with Crippen LogP contribution in [0.5, 0.6) is 0 Å². The first-order valence-corrected chi connectivity index (χ1v) is 5.84. The molecule has 0 spiro atoms. The molecule has 0 bridgehead atoms. The van der Waals surface area contributed by atoms with Crippen molar-refractivity contribution in [2.24, 2.45) is 0 Å². The summed E-state index contributed by atoms with van der Waals surface area (Å²) in [7, 11) is 0. The molecule has 0 radical (unpaired) electrons. The largest absolute Gasteiger partial charge is 0.310 e. The first-order valence-electron chi connectivity index (χ1n) is 5.84. The second-order valence-electron chi connectivity index (χ2n) is 4.79. The van der Waals surface area contributed by atoms with Gasteiger partial charge in [-0.2, -0.15) is 0 Å². The molecule has 2 aliphatic rings. The van der Waals surface area contributed by atoms with Gasteiger partial charge in [0.25, 0.3) is 0 Å². The van der Waals surface area contributed by atoms with Crippen LogP contribution in [0.4, 0.5) is 4.39 Å². The van der Waals surface area contributed by atoms with E-state index in [1.54, 1.807) is 6.07 Å². The van der Waals surface area contributed by atoms with Crippen LogP contribution in [0.25, 0.3) is 0 Å². The summed E-state index contributed by atoms with van der Waals surface area (Å²) in [4.78, 5) is 0. The molecule has 0 unspecified atom stereocenters. The lowest BCUT2D eigenvalue weighted by Crippen LogP contribution is -2.15. The van der Waals surface area contributed by atoms with Crippen molar-refractivity contribution in [1.82, 2.24) is 5.32 Å². The highest BCUT2D eigenvalue weighted by atomic mass is 19.1. The fourth-order valence-corrected chi connectivity index (χ4v) is 1.96. The second kappa shape index (κ2) is 3.60. The highest BCUT2D eigenvalue weighted by Crippen LogP contribution is 2.41. The third-order valence-electron chi connectivity index (χ3n) is 3.25. The average Bonchev–Trinajstić information content (AvgIpc) is 3.11. The Kier molecular flexibility index (Phi) is 2.24. The van der Waals surface area contributed by atoms with Crippen molar-refractivity contribution < 1.29 is 4.39 Å². The molecule has 1 N–H and O–H groups in total. The first-order chi connectivity index (χ1) is 7.33. The van der Waals surface area contributed by atoms with E-state index >= 15 is 0 Å². The van der Waals surface area contributed by atoms with E-state index < -0.39 is 0 Å². The number of halogens is 1. The zero-order valence-electron chi connectivity index (χ0n) is 8.80. The Hall–Kier alpha value is -0.890. The van der Waals surface area contributed by atoms with E-state index in [9.17, 15) is 4.39 Å². The molecular formula is C13H16FN. The van der Waals surface area contributed by atoms with Crippen LogP contribution in [0, 0.1) is 5.82 Å². The maximum atomic E-state index is 13.5. The number of hydrogen-bond donors (Lipinski definition) is 1. The molecule has 80 valence electrons. The summed E-state index contributed by atoms with van der Waals surface area (Å²) < 4.78 is 13.5. The molecule has 2 aliphatic carbocycles. The highest BCUT2D eigenvalue weighted by molar-refractivity contribution is 5.30. The van der Waals surface area contributed by atoms with Crippen LogP contribution in [0.15, 0.2) is 18.2 Å². The van der Waals surface area contributed by atoms with Gasteiger partial charge in [-0.3, -0.25) is 0 Å². The summed E-state index contributed by atoms with van der Waals surface area (Å²) in [5.74, 6) is 0.485. The SMILES string of the molecule is Fc1ccc(CNC2CC2)cc1C1CC1. The summed E-state index contributed by atoms with van der Waals surface area (Å²) in [6.45, 7) is 0.894. The lowest BCUT2D eigenvalue weighted by Gasteiger charge is -2.06. The van der Waals surface area contributed by atoms with Gasteiger partial charge in [-0.1, -0.05) is 12.1 Å². The monoisotopic (exact) mass is 205 g/mol. The number of rotatable bonds is 4. The topological polar surface area (TPSA) is 12.0 Å². The van der Waals surface area contributed by atoms with Crippen LogP contribution < -0.4 is 5.32 Å². The Morgan fingerprint density at radius 3 is 2.67 bits per heavy atom. The van der Waals surface area contributed by atoms with Gasteiger partial charge >= 0.3 is 0 Å².